The van der Waals surface area contributed by atoms with Crippen LogP contribution in [-0.2, 0) is 0 Å². The summed E-state index contributed by atoms with van der Waals surface area (Å²) in [6.45, 7) is 2.04. The van der Waals surface area contributed by atoms with Gasteiger partial charge in [-0.15, -0.1) is 0 Å². The zero-order valence-electron chi connectivity index (χ0n) is 10.2. The van der Waals surface area contributed by atoms with E-state index in [4.69, 9.17) is 9.15 Å². The van der Waals surface area contributed by atoms with E-state index in [9.17, 15) is 0 Å². The maximum absolute atomic E-state index is 5.96. The van der Waals surface area contributed by atoms with Crippen molar-refractivity contribution >= 4 is 11.0 Å². The van der Waals surface area contributed by atoms with Gasteiger partial charge in [-0.25, -0.2) is 0 Å². The average molecular weight is 238 g/mol. The Bertz CT molecular complexity index is 640. The first-order valence-electron chi connectivity index (χ1n) is 6.02. The van der Waals surface area contributed by atoms with Gasteiger partial charge in [-0.2, -0.15) is 0 Å². The lowest BCUT2D eigenvalue weighted by atomic mass is 10.1. The second-order valence-electron chi connectivity index (χ2n) is 4.27. The van der Waals surface area contributed by atoms with E-state index in [0.717, 1.165) is 22.3 Å². The maximum Gasteiger partial charge on any atom is 0.166 e. The van der Waals surface area contributed by atoms with Crippen LogP contribution in [0.1, 0.15) is 18.6 Å². The molecule has 1 atom stereocenters. The summed E-state index contributed by atoms with van der Waals surface area (Å²) in [5.74, 6) is 0.793. The summed E-state index contributed by atoms with van der Waals surface area (Å²) in [5, 5.41) is 1.01. The molecule has 1 heterocycles. The fourth-order valence-corrected chi connectivity index (χ4v) is 2.03. The predicted molar refractivity (Wildman–Crippen MR) is 71.7 cm³/mol. The van der Waals surface area contributed by atoms with Crippen molar-refractivity contribution in [2.24, 2.45) is 0 Å². The number of hydrogen-bond donors (Lipinski definition) is 0. The Morgan fingerprint density at radius 1 is 0.944 bits per heavy atom. The number of para-hydroxylation sites is 1. The molecule has 0 radical (unpaired) electrons. The summed E-state index contributed by atoms with van der Waals surface area (Å²) >= 11 is 0. The van der Waals surface area contributed by atoms with Gasteiger partial charge in [-0.1, -0.05) is 42.5 Å². The molecule has 3 aromatic rings. The fraction of sp³-hybridized carbons (Fsp3) is 0.125. The molecular weight excluding hydrogens is 224 g/mol. The number of hydrogen-bond acceptors (Lipinski definition) is 2. The summed E-state index contributed by atoms with van der Waals surface area (Å²) in [7, 11) is 0. The smallest absolute Gasteiger partial charge is 0.166 e. The summed E-state index contributed by atoms with van der Waals surface area (Å²) in [5.41, 5.74) is 2.01. The lowest BCUT2D eigenvalue weighted by molar-refractivity contribution is 0.227. The van der Waals surface area contributed by atoms with Crippen LogP contribution in [0.3, 0.4) is 0 Å². The van der Waals surface area contributed by atoms with Gasteiger partial charge < -0.3 is 9.15 Å². The zero-order valence-corrected chi connectivity index (χ0v) is 10.2. The molecule has 0 aliphatic heterocycles. The summed E-state index contributed by atoms with van der Waals surface area (Å²) in [6, 6.07) is 18.0. The third kappa shape index (κ3) is 1.97. The first-order chi connectivity index (χ1) is 8.84. The largest absolute Gasteiger partial charge is 0.482 e. The highest BCUT2D eigenvalue weighted by molar-refractivity contribution is 5.83. The Balaban J connectivity index is 1.89. The molecule has 1 unspecified atom stereocenters. The van der Waals surface area contributed by atoms with E-state index < -0.39 is 0 Å². The molecular formula is C16H14O2. The molecule has 2 aromatic carbocycles. The van der Waals surface area contributed by atoms with Crippen LogP contribution in [0.25, 0.3) is 11.0 Å². The molecule has 0 aliphatic rings. The molecule has 0 N–H and O–H groups in total. The minimum absolute atomic E-state index is 0.00667. The lowest BCUT2D eigenvalue weighted by Gasteiger charge is -2.13. The van der Waals surface area contributed by atoms with Crippen molar-refractivity contribution in [2.75, 3.05) is 0 Å². The summed E-state index contributed by atoms with van der Waals surface area (Å²) in [4.78, 5) is 0. The molecule has 90 valence electrons. The Kier molecular flexibility index (Phi) is 2.77. The predicted octanol–water partition coefficient (Wildman–Crippen LogP) is 4.57. The zero-order chi connectivity index (χ0) is 12.4. The molecule has 3 rings (SSSR count). The second-order valence-corrected chi connectivity index (χ2v) is 4.27. The highest BCUT2D eigenvalue weighted by Gasteiger charge is 2.11. The van der Waals surface area contributed by atoms with E-state index in [0.29, 0.717) is 0 Å². The number of rotatable bonds is 3. The summed E-state index contributed by atoms with van der Waals surface area (Å²) < 4.78 is 11.4. The third-order valence-corrected chi connectivity index (χ3v) is 3.02. The molecule has 0 fully saturated rings. The molecule has 0 saturated carbocycles. The first kappa shape index (κ1) is 10.9. The van der Waals surface area contributed by atoms with Gasteiger partial charge in [0.2, 0.25) is 0 Å². The highest BCUT2D eigenvalue weighted by atomic mass is 16.5. The van der Waals surface area contributed by atoms with Crippen LogP contribution in [0.2, 0.25) is 0 Å². The van der Waals surface area contributed by atoms with Crippen molar-refractivity contribution in [2.45, 2.75) is 13.0 Å². The van der Waals surface area contributed by atoms with Gasteiger partial charge >= 0.3 is 0 Å². The summed E-state index contributed by atoms with van der Waals surface area (Å²) in [6.07, 6.45) is 1.68. The number of benzene rings is 2. The maximum atomic E-state index is 5.96. The molecule has 18 heavy (non-hydrogen) atoms. The van der Waals surface area contributed by atoms with E-state index in [2.05, 4.69) is 12.1 Å². The Labute approximate surface area is 106 Å². The van der Waals surface area contributed by atoms with E-state index in [1.165, 1.54) is 0 Å². The van der Waals surface area contributed by atoms with Crippen molar-refractivity contribution in [3.05, 3.63) is 66.4 Å². The van der Waals surface area contributed by atoms with E-state index in [1.54, 1.807) is 6.26 Å². The van der Waals surface area contributed by atoms with Gasteiger partial charge in [0.1, 0.15) is 18.0 Å². The van der Waals surface area contributed by atoms with Crippen LogP contribution in [0.4, 0.5) is 0 Å². The van der Waals surface area contributed by atoms with Crippen LogP contribution in [-0.4, -0.2) is 0 Å². The molecule has 2 nitrogen and oxygen atoms in total. The van der Waals surface area contributed by atoms with Gasteiger partial charge in [0.25, 0.3) is 0 Å². The lowest BCUT2D eigenvalue weighted by Crippen LogP contribution is -2.02. The Hall–Kier alpha value is -2.22. The van der Waals surface area contributed by atoms with Crippen LogP contribution in [0, 0.1) is 0 Å². The molecule has 0 bridgehead atoms. The van der Waals surface area contributed by atoms with Gasteiger partial charge in [0.05, 0.1) is 5.39 Å². The number of ether oxygens (including phenoxy) is 1. The van der Waals surface area contributed by atoms with Crippen molar-refractivity contribution in [1.82, 2.24) is 0 Å². The van der Waals surface area contributed by atoms with Crippen molar-refractivity contribution in [3.8, 4) is 5.75 Å². The first-order valence-corrected chi connectivity index (χ1v) is 6.02. The average Bonchev–Trinajstić information content (AvgIpc) is 2.83. The standard InChI is InChI=1S/C16H14O2/c1-12(13-7-3-2-4-8-13)18-16-11-17-15-10-6-5-9-14(15)16/h2-12H,1H3. The van der Waals surface area contributed by atoms with Crippen LogP contribution in [0.5, 0.6) is 5.75 Å². The molecule has 0 aliphatic carbocycles. The Morgan fingerprint density at radius 2 is 1.67 bits per heavy atom. The third-order valence-electron chi connectivity index (χ3n) is 3.02. The van der Waals surface area contributed by atoms with Gasteiger partial charge in [-0.05, 0) is 24.6 Å². The van der Waals surface area contributed by atoms with Crippen LogP contribution in [0.15, 0.2) is 65.3 Å². The minimum atomic E-state index is 0.00667. The highest BCUT2D eigenvalue weighted by Crippen LogP contribution is 2.31. The molecule has 0 saturated heterocycles. The van der Waals surface area contributed by atoms with E-state index in [-0.39, 0.29) is 6.10 Å². The van der Waals surface area contributed by atoms with Crippen LogP contribution < -0.4 is 4.74 Å². The van der Waals surface area contributed by atoms with Crippen molar-refractivity contribution in [1.29, 1.82) is 0 Å². The number of fused-ring (bicyclic) bond motifs is 1. The monoisotopic (exact) mass is 238 g/mol. The van der Waals surface area contributed by atoms with Gasteiger partial charge in [0, 0.05) is 0 Å². The second kappa shape index (κ2) is 4.57. The quantitative estimate of drug-likeness (QED) is 0.666. The molecule has 0 spiro atoms. The minimum Gasteiger partial charge on any atom is -0.482 e. The van der Waals surface area contributed by atoms with Gasteiger partial charge in [0.15, 0.2) is 5.75 Å². The van der Waals surface area contributed by atoms with Crippen LogP contribution >= 0.6 is 0 Å². The molecule has 0 amide bonds. The van der Waals surface area contributed by atoms with Gasteiger partial charge in [-0.3, -0.25) is 0 Å². The van der Waals surface area contributed by atoms with Crippen molar-refractivity contribution in [3.63, 3.8) is 0 Å². The normalized spacial score (nSPS) is 12.5. The van der Waals surface area contributed by atoms with E-state index >= 15 is 0 Å². The van der Waals surface area contributed by atoms with Crippen molar-refractivity contribution < 1.29 is 9.15 Å². The molecule has 2 heteroatoms. The number of furan rings is 1. The topological polar surface area (TPSA) is 22.4 Å². The molecule has 1 aromatic heterocycles. The Morgan fingerprint density at radius 3 is 2.50 bits per heavy atom. The SMILES string of the molecule is CC(Oc1coc2ccccc12)c1ccccc1. The fourth-order valence-electron chi connectivity index (χ4n) is 2.03. The van der Waals surface area contributed by atoms with E-state index in [1.807, 2.05) is 49.4 Å².